The van der Waals surface area contributed by atoms with Gasteiger partial charge in [-0.2, -0.15) is 11.8 Å². The molecule has 172 valence electrons. The van der Waals surface area contributed by atoms with Gasteiger partial charge in [-0.05, 0) is 64.0 Å². The molecule has 1 unspecified atom stereocenters. The number of hydrogen-bond acceptors (Lipinski definition) is 5. The Morgan fingerprint density at radius 3 is 2.42 bits per heavy atom. The van der Waals surface area contributed by atoms with E-state index >= 15 is 0 Å². The maximum Gasteiger partial charge on any atom is 0.321 e. The van der Waals surface area contributed by atoms with Crippen LogP contribution in [-0.4, -0.2) is 109 Å². The van der Waals surface area contributed by atoms with Crippen LogP contribution in [-0.2, 0) is 6.42 Å². The SMILES string of the molecule is CC1CN(C(=O)Nc2ccc(CCN3CCSCC3)cc2)CCN1C1CCN(C)CC1. The van der Waals surface area contributed by atoms with E-state index in [4.69, 9.17) is 0 Å². The first-order chi connectivity index (χ1) is 15.1. The molecule has 0 bridgehead atoms. The number of urea groups is 1. The van der Waals surface area contributed by atoms with Crippen molar-refractivity contribution in [3.63, 3.8) is 0 Å². The summed E-state index contributed by atoms with van der Waals surface area (Å²) in [4.78, 5) is 22.4. The summed E-state index contributed by atoms with van der Waals surface area (Å²) >= 11 is 2.06. The number of anilines is 1. The lowest BCUT2D eigenvalue weighted by Crippen LogP contribution is -2.58. The van der Waals surface area contributed by atoms with Crippen molar-refractivity contribution >= 4 is 23.5 Å². The maximum absolute atomic E-state index is 12.8. The number of thioether (sulfide) groups is 1. The van der Waals surface area contributed by atoms with Crippen LogP contribution in [0.2, 0.25) is 0 Å². The molecule has 1 atom stereocenters. The Kier molecular flexibility index (Phi) is 8.15. The molecule has 1 aromatic rings. The van der Waals surface area contributed by atoms with Gasteiger partial charge in [-0.25, -0.2) is 4.79 Å². The third-order valence-corrected chi connectivity index (χ3v) is 8.09. The molecule has 1 aromatic carbocycles. The molecule has 3 heterocycles. The van der Waals surface area contributed by atoms with Crippen molar-refractivity contribution in [2.24, 2.45) is 0 Å². The third-order valence-electron chi connectivity index (χ3n) is 7.15. The first-order valence-corrected chi connectivity index (χ1v) is 13.1. The van der Waals surface area contributed by atoms with Crippen molar-refractivity contribution in [3.05, 3.63) is 29.8 Å². The molecular formula is C24H39N5OS. The third kappa shape index (κ3) is 6.37. The number of benzene rings is 1. The van der Waals surface area contributed by atoms with Crippen LogP contribution in [0.3, 0.4) is 0 Å². The van der Waals surface area contributed by atoms with Crippen molar-refractivity contribution in [1.82, 2.24) is 19.6 Å². The van der Waals surface area contributed by atoms with Crippen LogP contribution in [0.4, 0.5) is 10.5 Å². The van der Waals surface area contributed by atoms with Gasteiger partial charge < -0.3 is 20.0 Å². The highest BCUT2D eigenvalue weighted by Gasteiger charge is 2.32. The number of rotatable bonds is 5. The Hall–Kier alpha value is -1.28. The highest BCUT2D eigenvalue weighted by atomic mass is 32.2. The molecular weight excluding hydrogens is 406 g/mol. The summed E-state index contributed by atoms with van der Waals surface area (Å²) in [6, 6.07) is 9.56. The summed E-state index contributed by atoms with van der Waals surface area (Å²) in [5, 5.41) is 3.11. The predicted octanol–water partition coefficient (Wildman–Crippen LogP) is 2.91. The lowest BCUT2D eigenvalue weighted by molar-refractivity contribution is 0.0393. The van der Waals surface area contributed by atoms with E-state index in [0.29, 0.717) is 12.1 Å². The Morgan fingerprint density at radius 1 is 1.03 bits per heavy atom. The molecule has 4 rings (SSSR count). The van der Waals surface area contributed by atoms with Crippen molar-refractivity contribution in [3.8, 4) is 0 Å². The van der Waals surface area contributed by atoms with Gasteiger partial charge in [0.05, 0.1) is 0 Å². The van der Waals surface area contributed by atoms with Crippen LogP contribution < -0.4 is 5.32 Å². The van der Waals surface area contributed by atoms with Crippen LogP contribution in [0.1, 0.15) is 25.3 Å². The Bertz CT molecular complexity index is 700. The molecule has 3 fully saturated rings. The molecule has 0 radical (unpaired) electrons. The zero-order chi connectivity index (χ0) is 21.6. The summed E-state index contributed by atoms with van der Waals surface area (Å²) in [6.45, 7) is 10.8. The predicted molar refractivity (Wildman–Crippen MR) is 131 cm³/mol. The van der Waals surface area contributed by atoms with Gasteiger partial charge in [-0.3, -0.25) is 4.90 Å². The van der Waals surface area contributed by atoms with E-state index in [0.717, 1.165) is 38.3 Å². The largest absolute Gasteiger partial charge is 0.322 e. The number of carbonyl (C=O) groups is 1. The van der Waals surface area contributed by atoms with Gasteiger partial charge in [-0.15, -0.1) is 0 Å². The summed E-state index contributed by atoms with van der Waals surface area (Å²) in [7, 11) is 2.21. The van der Waals surface area contributed by atoms with Crippen molar-refractivity contribution in [2.45, 2.75) is 38.3 Å². The van der Waals surface area contributed by atoms with Gasteiger partial charge in [0.1, 0.15) is 0 Å². The topological polar surface area (TPSA) is 42.1 Å². The zero-order valence-corrected chi connectivity index (χ0v) is 20.1. The van der Waals surface area contributed by atoms with E-state index in [1.165, 1.54) is 56.1 Å². The number of piperidine rings is 1. The highest BCUT2D eigenvalue weighted by Crippen LogP contribution is 2.22. The van der Waals surface area contributed by atoms with Crippen LogP contribution in [0.25, 0.3) is 0 Å². The number of nitrogens with one attached hydrogen (secondary N) is 1. The molecule has 3 saturated heterocycles. The molecule has 0 spiro atoms. The van der Waals surface area contributed by atoms with E-state index in [9.17, 15) is 4.79 Å². The number of amides is 2. The summed E-state index contributed by atoms with van der Waals surface area (Å²) in [6.07, 6.45) is 3.57. The average molecular weight is 446 g/mol. The lowest BCUT2D eigenvalue weighted by atomic mass is 10.0. The Labute approximate surface area is 192 Å². The van der Waals surface area contributed by atoms with Crippen molar-refractivity contribution < 1.29 is 4.79 Å². The second-order valence-electron chi connectivity index (χ2n) is 9.40. The molecule has 2 amide bonds. The highest BCUT2D eigenvalue weighted by molar-refractivity contribution is 7.99. The summed E-state index contributed by atoms with van der Waals surface area (Å²) in [5.41, 5.74) is 2.24. The standard InChI is InChI=1S/C24H39N5OS/c1-20-19-28(13-14-29(20)23-8-10-26(2)11-9-23)24(30)25-22-5-3-21(4-6-22)7-12-27-15-17-31-18-16-27/h3-6,20,23H,7-19H2,1-2H3,(H,25,30). The second-order valence-corrected chi connectivity index (χ2v) is 10.6. The van der Waals surface area contributed by atoms with Crippen molar-refractivity contribution in [1.29, 1.82) is 0 Å². The average Bonchev–Trinajstić information content (AvgIpc) is 2.80. The molecule has 3 aliphatic rings. The quantitative estimate of drug-likeness (QED) is 0.755. The molecule has 0 aliphatic carbocycles. The molecule has 6 nitrogen and oxygen atoms in total. The fourth-order valence-corrected chi connectivity index (χ4v) is 6.07. The van der Waals surface area contributed by atoms with E-state index in [1.807, 2.05) is 4.90 Å². The molecule has 1 N–H and O–H groups in total. The number of piperazine rings is 1. The monoisotopic (exact) mass is 445 g/mol. The van der Waals surface area contributed by atoms with Gasteiger partial charge in [0.25, 0.3) is 0 Å². The number of carbonyl (C=O) groups excluding carboxylic acids is 1. The van der Waals surface area contributed by atoms with Crippen molar-refractivity contribution in [2.75, 3.05) is 76.2 Å². The first kappa shape index (κ1) is 22.9. The van der Waals surface area contributed by atoms with Crippen LogP contribution in [0, 0.1) is 0 Å². The number of nitrogens with zero attached hydrogens (tertiary/aromatic N) is 4. The first-order valence-electron chi connectivity index (χ1n) is 12.0. The van der Waals surface area contributed by atoms with Gasteiger partial charge in [0.15, 0.2) is 0 Å². The Balaban J connectivity index is 1.22. The fourth-order valence-electron chi connectivity index (χ4n) is 5.09. The van der Waals surface area contributed by atoms with Gasteiger partial charge in [-0.1, -0.05) is 12.1 Å². The zero-order valence-electron chi connectivity index (χ0n) is 19.3. The van der Waals surface area contributed by atoms with Crippen LogP contribution in [0.5, 0.6) is 0 Å². The molecule has 0 saturated carbocycles. The van der Waals surface area contributed by atoms with E-state index < -0.39 is 0 Å². The number of hydrogen-bond donors (Lipinski definition) is 1. The normalized spacial score (nSPS) is 25.0. The minimum atomic E-state index is 0.0356. The molecule has 31 heavy (non-hydrogen) atoms. The minimum absolute atomic E-state index is 0.0356. The second kappa shape index (κ2) is 11.0. The van der Waals surface area contributed by atoms with E-state index in [1.54, 1.807) is 0 Å². The lowest BCUT2D eigenvalue weighted by Gasteiger charge is -2.46. The molecule has 0 aromatic heterocycles. The minimum Gasteiger partial charge on any atom is -0.322 e. The Morgan fingerprint density at radius 2 is 1.74 bits per heavy atom. The van der Waals surface area contributed by atoms with Crippen LogP contribution in [0.15, 0.2) is 24.3 Å². The van der Waals surface area contributed by atoms with Crippen LogP contribution >= 0.6 is 11.8 Å². The molecule has 3 aliphatic heterocycles. The van der Waals surface area contributed by atoms with Gasteiger partial charge in [0, 0.05) is 68.5 Å². The number of likely N-dealkylation sites (tertiary alicyclic amines) is 1. The maximum atomic E-state index is 12.8. The van der Waals surface area contributed by atoms with E-state index in [-0.39, 0.29) is 6.03 Å². The van der Waals surface area contributed by atoms with E-state index in [2.05, 4.69) is 70.0 Å². The smallest absolute Gasteiger partial charge is 0.321 e. The van der Waals surface area contributed by atoms with Gasteiger partial charge >= 0.3 is 6.03 Å². The summed E-state index contributed by atoms with van der Waals surface area (Å²) < 4.78 is 0. The molecule has 7 heteroatoms. The van der Waals surface area contributed by atoms with Gasteiger partial charge in [0.2, 0.25) is 0 Å². The fraction of sp³-hybridized carbons (Fsp3) is 0.708. The summed E-state index contributed by atoms with van der Waals surface area (Å²) in [5.74, 6) is 2.52.